The van der Waals surface area contributed by atoms with Gasteiger partial charge in [0.05, 0.1) is 19.0 Å². The van der Waals surface area contributed by atoms with Crippen LogP contribution in [0.3, 0.4) is 0 Å². The first-order valence-electron chi connectivity index (χ1n) is 8.53. The van der Waals surface area contributed by atoms with Crippen molar-refractivity contribution in [3.63, 3.8) is 0 Å². The number of aromatic nitrogens is 4. The van der Waals surface area contributed by atoms with E-state index >= 15 is 0 Å². The second-order valence-electron chi connectivity index (χ2n) is 8.06. The minimum absolute atomic E-state index is 0.0145. The highest BCUT2D eigenvalue weighted by atomic mass is 28.4. The van der Waals surface area contributed by atoms with Crippen LogP contribution < -0.4 is 5.73 Å². The van der Waals surface area contributed by atoms with Gasteiger partial charge in [-0.25, -0.2) is 4.98 Å². The van der Waals surface area contributed by atoms with Crippen LogP contribution >= 0.6 is 0 Å². The Labute approximate surface area is 147 Å². The molecule has 0 amide bonds. The Morgan fingerprint density at radius 2 is 2.08 bits per heavy atom. The van der Waals surface area contributed by atoms with Crippen LogP contribution in [0.5, 0.6) is 0 Å². The monoisotopic (exact) mass is 367 g/mol. The van der Waals surface area contributed by atoms with Crippen molar-refractivity contribution in [2.45, 2.75) is 64.1 Å². The molecule has 0 saturated carbocycles. The smallest absolute Gasteiger partial charge is 0.312 e. The highest BCUT2D eigenvalue weighted by molar-refractivity contribution is 6.74. The minimum Gasteiger partial charge on any atom is -0.414 e. The van der Waals surface area contributed by atoms with E-state index in [-0.39, 0.29) is 23.2 Å². The Morgan fingerprint density at radius 3 is 2.76 bits per heavy atom. The summed E-state index contributed by atoms with van der Waals surface area (Å²) in [5, 5.41) is 0.164. The maximum atomic E-state index is 13.5. The number of halogens is 1. The minimum atomic E-state index is -1.81. The third-order valence-electron chi connectivity index (χ3n) is 5.25. The normalized spacial score (nSPS) is 22.0. The predicted octanol–water partition coefficient (Wildman–Crippen LogP) is 3.25. The molecule has 3 rings (SSSR count). The molecule has 138 valence electrons. The Kier molecular flexibility index (Phi) is 4.59. The number of imidazole rings is 1. The van der Waals surface area contributed by atoms with Crippen molar-refractivity contribution < 1.29 is 13.6 Å². The SMILES string of the molecule is CC(C)(C)[Si](C)(C)OC[C@@H]1CC[C@H](n2cnc3c(N)nc(F)nc32)O1. The first-order valence-corrected chi connectivity index (χ1v) is 11.4. The van der Waals surface area contributed by atoms with Gasteiger partial charge in [-0.05, 0) is 31.0 Å². The molecule has 2 aromatic rings. The highest BCUT2D eigenvalue weighted by Crippen LogP contribution is 2.38. The van der Waals surface area contributed by atoms with Gasteiger partial charge in [-0.2, -0.15) is 14.4 Å². The topological polar surface area (TPSA) is 88.1 Å². The van der Waals surface area contributed by atoms with Gasteiger partial charge in [-0.3, -0.25) is 4.57 Å². The summed E-state index contributed by atoms with van der Waals surface area (Å²) in [4.78, 5) is 11.5. The lowest BCUT2D eigenvalue weighted by molar-refractivity contribution is -0.0182. The van der Waals surface area contributed by atoms with Crippen molar-refractivity contribution in [1.29, 1.82) is 0 Å². The summed E-state index contributed by atoms with van der Waals surface area (Å²) in [6.45, 7) is 11.7. The van der Waals surface area contributed by atoms with E-state index in [0.717, 1.165) is 12.8 Å². The van der Waals surface area contributed by atoms with Crippen molar-refractivity contribution in [3.05, 3.63) is 12.4 Å². The Balaban J connectivity index is 1.70. The average molecular weight is 368 g/mol. The van der Waals surface area contributed by atoms with Gasteiger partial charge in [-0.15, -0.1) is 0 Å². The molecule has 1 fully saturated rings. The number of nitrogen functional groups attached to an aromatic ring is 1. The van der Waals surface area contributed by atoms with E-state index in [1.54, 1.807) is 10.9 Å². The molecule has 1 aliphatic heterocycles. The molecule has 0 aromatic carbocycles. The molecule has 0 unspecified atom stereocenters. The van der Waals surface area contributed by atoms with Crippen molar-refractivity contribution in [2.24, 2.45) is 0 Å². The van der Waals surface area contributed by atoms with Crippen LogP contribution in [0.15, 0.2) is 6.33 Å². The fourth-order valence-electron chi connectivity index (χ4n) is 2.65. The number of hydrogen-bond acceptors (Lipinski definition) is 6. The average Bonchev–Trinajstić information content (AvgIpc) is 3.10. The first-order chi connectivity index (χ1) is 11.6. The molecule has 2 N–H and O–H groups in total. The standard InChI is InChI=1S/C16H26FN5O2Si/c1-16(2,3)25(4,5)23-8-10-6-7-11(24-10)22-9-19-12-13(18)20-15(17)21-14(12)22/h9-11H,6-8H2,1-5H3,(H2,18,20,21)/t10-,11+/m0/s1. The van der Waals surface area contributed by atoms with E-state index < -0.39 is 14.4 Å². The summed E-state index contributed by atoms with van der Waals surface area (Å²) in [6.07, 6.45) is 2.16. The van der Waals surface area contributed by atoms with Crippen LogP contribution in [0.1, 0.15) is 39.8 Å². The molecule has 7 nitrogen and oxygen atoms in total. The zero-order valence-electron chi connectivity index (χ0n) is 15.4. The van der Waals surface area contributed by atoms with Crippen molar-refractivity contribution in [2.75, 3.05) is 12.3 Å². The lowest BCUT2D eigenvalue weighted by atomic mass is 10.2. The fraction of sp³-hybridized carbons (Fsp3) is 0.688. The number of ether oxygens (including phenoxy) is 1. The van der Waals surface area contributed by atoms with E-state index in [4.69, 9.17) is 14.9 Å². The second-order valence-corrected chi connectivity index (χ2v) is 12.9. The molecule has 0 radical (unpaired) electrons. The van der Waals surface area contributed by atoms with E-state index in [0.29, 0.717) is 17.8 Å². The Morgan fingerprint density at radius 1 is 1.36 bits per heavy atom. The van der Waals surface area contributed by atoms with Gasteiger partial charge < -0.3 is 14.9 Å². The molecule has 0 aliphatic carbocycles. The number of rotatable bonds is 4. The van der Waals surface area contributed by atoms with Gasteiger partial charge in [0.15, 0.2) is 25.3 Å². The zero-order chi connectivity index (χ0) is 18.4. The van der Waals surface area contributed by atoms with E-state index in [2.05, 4.69) is 48.8 Å². The zero-order valence-corrected chi connectivity index (χ0v) is 16.4. The maximum Gasteiger partial charge on any atom is 0.312 e. The Bertz CT molecular complexity index is 774. The van der Waals surface area contributed by atoms with Crippen LogP contribution in [-0.2, 0) is 9.16 Å². The summed E-state index contributed by atoms with van der Waals surface area (Å²) in [7, 11) is -1.81. The third kappa shape index (κ3) is 3.53. The predicted molar refractivity (Wildman–Crippen MR) is 96.0 cm³/mol. The third-order valence-corrected chi connectivity index (χ3v) is 9.75. The van der Waals surface area contributed by atoms with Gasteiger partial charge in [0.25, 0.3) is 0 Å². The number of nitrogens with zero attached hydrogens (tertiary/aromatic N) is 4. The maximum absolute atomic E-state index is 13.5. The fourth-order valence-corrected chi connectivity index (χ4v) is 3.69. The molecular formula is C16H26FN5O2Si. The van der Waals surface area contributed by atoms with E-state index in [9.17, 15) is 4.39 Å². The second kappa shape index (κ2) is 6.29. The summed E-state index contributed by atoms with van der Waals surface area (Å²) < 4.78 is 27.6. The van der Waals surface area contributed by atoms with Crippen molar-refractivity contribution in [3.8, 4) is 0 Å². The van der Waals surface area contributed by atoms with Gasteiger partial charge in [-0.1, -0.05) is 20.8 Å². The number of hydrogen-bond donors (Lipinski definition) is 1. The largest absolute Gasteiger partial charge is 0.414 e. The quantitative estimate of drug-likeness (QED) is 0.659. The van der Waals surface area contributed by atoms with Crippen LogP contribution in [0.2, 0.25) is 18.1 Å². The first kappa shape index (κ1) is 18.2. The van der Waals surface area contributed by atoms with E-state index in [1.807, 2.05) is 0 Å². The summed E-state index contributed by atoms with van der Waals surface area (Å²) in [5.74, 6) is 0.0389. The van der Waals surface area contributed by atoms with Crippen molar-refractivity contribution >= 4 is 25.3 Å². The lowest BCUT2D eigenvalue weighted by Crippen LogP contribution is -2.42. The molecule has 25 heavy (non-hydrogen) atoms. The molecule has 1 saturated heterocycles. The number of anilines is 1. The molecule has 0 bridgehead atoms. The Hall–Kier alpha value is -1.58. The molecule has 2 atom stereocenters. The van der Waals surface area contributed by atoms with Gasteiger partial charge in [0.2, 0.25) is 0 Å². The van der Waals surface area contributed by atoms with Gasteiger partial charge in [0, 0.05) is 0 Å². The summed E-state index contributed by atoms with van der Waals surface area (Å²) in [6, 6.07) is 0. The molecule has 3 heterocycles. The number of nitrogens with two attached hydrogens (primary N) is 1. The lowest BCUT2D eigenvalue weighted by Gasteiger charge is -2.36. The van der Waals surface area contributed by atoms with Gasteiger partial charge in [0.1, 0.15) is 6.23 Å². The van der Waals surface area contributed by atoms with Crippen LogP contribution in [0.25, 0.3) is 11.2 Å². The van der Waals surface area contributed by atoms with Crippen LogP contribution in [0.4, 0.5) is 10.2 Å². The number of fused-ring (bicyclic) bond motifs is 1. The molecule has 2 aromatic heterocycles. The summed E-state index contributed by atoms with van der Waals surface area (Å²) >= 11 is 0. The highest BCUT2D eigenvalue weighted by Gasteiger charge is 2.38. The molecule has 1 aliphatic rings. The molecule has 0 spiro atoms. The van der Waals surface area contributed by atoms with Crippen molar-refractivity contribution in [1.82, 2.24) is 19.5 Å². The van der Waals surface area contributed by atoms with E-state index in [1.165, 1.54) is 0 Å². The molecular weight excluding hydrogens is 341 g/mol. The summed E-state index contributed by atoms with van der Waals surface area (Å²) in [5.41, 5.74) is 6.47. The molecule has 9 heteroatoms. The van der Waals surface area contributed by atoms with Crippen LogP contribution in [-0.4, -0.2) is 40.5 Å². The van der Waals surface area contributed by atoms with Gasteiger partial charge >= 0.3 is 6.08 Å². The van der Waals surface area contributed by atoms with Crippen LogP contribution in [0, 0.1) is 6.08 Å².